The van der Waals surface area contributed by atoms with E-state index >= 15 is 0 Å². The monoisotopic (exact) mass is 580 g/mol. The minimum atomic E-state index is -1.12. The Balaban J connectivity index is 2.60. The number of rotatable bonds is 19. The zero-order chi connectivity index (χ0) is 30.8. The van der Waals surface area contributed by atoms with Crippen LogP contribution in [-0.4, -0.2) is 85.9 Å². The van der Waals surface area contributed by atoms with Crippen LogP contribution in [0, 0.1) is 0 Å². The van der Waals surface area contributed by atoms with Crippen LogP contribution in [0.4, 0.5) is 0 Å². The van der Waals surface area contributed by atoms with E-state index < -0.39 is 47.9 Å². The van der Waals surface area contributed by atoms with Gasteiger partial charge in [-0.2, -0.15) is 0 Å². The van der Waals surface area contributed by atoms with Gasteiger partial charge in [0.15, 0.2) is 0 Å². The SMILES string of the molecule is CCOC(=O)C(N)CCCC(CO)NC(=O)CCC(NC(=O)C(C)NC(=O)Cc1ccc(OC)cc1)C(=O)OCC. The summed E-state index contributed by atoms with van der Waals surface area (Å²) in [5.74, 6) is -2.00. The van der Waals surface area contributed by atoms with Crippen LogP contribution in [0.25, 0.3) is 0 Å². The van der Waals surface area contributed by atoms with Gasteiger partial charge in [-0.3, -0.25) is 19.2 Å². The summed E-state index contributed by atoms with van der Waals surface area (Å²) >= 11 is 0. The van der Waals surface area contributed by atoms with E-state index in [-0.39, 0.29) is 45.0 Å². The quantitative estimate of drug-likeness (QED) is 0.140. The van der Waals surface area contributed by atoms with E-state index in [1.807, 2.05) is 0 Å². The zero-order valence-corrected chi connectivity index (χ0v) is 24.3. The first-order valence-electron chi connectivity index (χ1n) is 13.8. The second-order valence-corrected chi connectivity index (χ2v) is 9.40. The van der Waals surface area contributed by atoms with E-state index in [2.05, 4.69) is 16.0 Å². The first-order chi connectivity index (χ1) is 19.5. The summed E-state index contributed by atoms with van der Waals surface area (Å²) in [7, 11) is 1.54. The van der Waals surface area contributed by atoms with Gasteiger partial charge in [-0.25, -0.2) is 4.79 Å². The van der Waals surface area contributed by atoms with E-state index in [1.165, 1.54) is 6.92 Å². The number of carbonyl (C=O) groups excluding carboxylic acids is 5. The number of methoxy groups -OCH3 is 1. The smallest absolute Gasteiger partial charge is 0.328 e. The molecule has 1 aromatic rings. The third kappa shape index (κ3) is 14.0. The fourth-order valence-corrected chi connectivity index (χ4v) is 3.81. The van der Waals surface area contributed by atoms with Crippen molar-refractivity contribution in [2.45, 2.75) is 83.5 Å². The number of carbonyl (C=O) groups is 5. The molecule has 0 saturated carbocycles. The lowest BCUT2D eigenvalue weighted by molar-refractivity contribution is -0.148. The summed E-state index contributed by atoms with van der Waals surface area (Å²) in [6.45, 7) is 4.76. The number of hydrogen-bond donors (Lipinski definition) is 5. The summed E-state index contributed by atoms with van der Waals surface area (Å²) in [5, 5.41) is 17.4. The van der Waals surface area contributed by atoms with E-state index in [1.54, 1.807) is 45.2 Å². The predicted octanol–water partition coefficient (Wildman–Crippen LogP) is 0.108. The maximum atomic E-state index is 12.7. The lowest BCUT2D eigenvalue weighted by atomic mass is 10.1. The summed E-state index contributed by atoms with van der Waals surface area (Å²) in [5.41, 5.74) is 6.50. The maximum Gasteiger partial charge on any atom is 0.328 e. The molecule has 0 aliphatic rings. The second kappa shape index (κ2) is 19.4. The summed E-state index contributed by atoms with van der Waals surface area (Å²) in [4.78, 5) is 61.7. The average Bonchev–Trinajstić information content (AvgIpc) is 2.94. The van der Waals surface area contributed by atoms with Crippen molar-refractivity contribution < 1.29 is 43.3 Å². The number of hydrogen-bond acceptors (Lipinski definition) is 10. The number of nitrogens with one attached hydrogen (secondary N) is 3. The molecule has 0 fully saturated rings. The molecule has 4 unspecified atom stereocenters. The van der Waals surface area contributed by atoms with E-state index in [4.69, 9.17) is 19.9 Å². The van der Waals surface area contributed by atoms with E-state index in [9.17, 15) is 29.1 Å². The van der Waals surface area contributed by atoms with Gasteiger partial charge in [0, 0.05) is 6.42 Å². The number of aliphatic hydroxyl groups excluding tert-OH is 1. The lowest BCUT2D eigenvalue weighted by Crippen LogP contribution is -2.51. The molecule has 3 amide bonds. The van der Waals surface area contributed by atoms with Crippen molar-refractivity contribution in [3.05, 3.63) is 29.8 Å². The molecule has 0 aliphatic carbocycles. The van der Waals surface area contributed by atoms with Crippen molar-refractivity contribution >= 4 is 29.7 Å². The van der Waals surface area contributed by atoms with Crippen molar-refractivity contribution in [1.29, 1.82) is 0 Å². The Morgan fingerprint density at radius 3 is 2.10 bits per heavy atom. The molecule has 13 heteroatoms. The molecule has 6 N–H and O–H groups in total. The Hall–Kier alpha value is -3.71. The molecule has 13 nitrogen and oxygen atoms in total. The minimum Gasteiger partial charge on any atom is -0.497 e. The van der Waals surface area contributed by atoms with Crippen LogP contribution in [0.3, 0.4) is 0 Å². The molecule has 0 aromatic heterocycles. The summed E-state index contributed by atoms with van der Waals surface area (Å²) in [6.07, 6.45) is 1.02. The van der Waals surface area contributed by atoms with Gasteiger partial charge in [0.25, 0.3) is 0 Å². The standard InChI is InChI=1S/C28H44N4O9/c1-5-40-27(37)22(29)9-7-8-20(17-33)31-24(34)15-14-23(28(38)41-6-2)32-26(36)18(3)30-25(35)16-19-10-12-21(39-4)13-11-19/h10-13,18,20,22-23,33H,5-9,14-17,29H2,1-4H3,(H,30,35)(H,31,34)(H,32,36). The largest absolute Gasteiger partial charge is 0.497 e. The van der Waals surface area contributed by atoms with Crippen LogP contribution in [-0.2, 0) is 39.9 Å². The second-order valence-electron chi connectivity index (χ2n) is 9.40. The zero-order valence-electron chi connectivity index (χ0n) is 24.3. The maximum absolute atomic E-state index is 12.7. The highest BCUT2D eigenvalue weighted by Gasteiger charge is 2.26. The Morgan fingerprint density at radius 2 is 1.51 bits per heavy atom. The fraction of sp³-hybridized carbons (Fsp3) is 0.607. The van der Waals surface area contributed by atoms with Crippen LogP contribution in [0.2, 0.25) is 0 Å². The molecule has 0 radical (unpaired) electrons. The van der Waals surface area contributed by atoms with Crippen molar-refractivity contribution in [3.8, 4) is 5.75 Å². The summed E-state index contributed by atoms with van der Waals surface area (Å²) in [6, 6.07) is 3.50. The highest BCUT2D eigenvalue weighted by molar-refractivity contribution is 5.91. The number of benzene rings is 1. The third-order valence-electron chi connectivity index (χ3n) is 6.08. The van der Waals surface area contributed by atoms with Gasteiger partial charge >= 0.3 is 11.9 Å². The number of nitrogens with two attached hydrogens (primary N) is 1. The molecule has 41 heavy (non-hydrogen) atoms. The highest BCUT2D eigenvalue weighted by atomic mass is 16.5. The molecule has 1 rings (SSSR count). The number of aliphatic hydroxyl groups is 1. The molecule has 230 valence electrons. The molecule has 0 bridgehead atoms. The highest BCUT2D eigenvalue weighted by Crippen LogP contribution is 2.12. The number of amides is 3. The van der Waals surface area contributed by atoms with Gasteiger partial charge in [-0.05, 0) is 64.2 Å². The lowest BCUT2D eigenvalue weighted by Gasteiger charge is -2.21. The molecule has 0 aliphatic heterocycles. The number of ether oxygens (including phenoxy) is 3. The van der Waals surface area contributed by atoms with E-state index in [0.29, 0.717) is 25.0 Å². The fourth-order valence-electron chi connectivity index (χ4n) is 3.81. The molecule has 4 atom stereocenters. The Labute approximate surface area is 240 Å². The van der Waals surface area contributed by atoms with Gasteiger partial charge < -0.3 is 41.0 Å². The van der Waals surface area contributed by atoms with Crippen LogP contribution in [0.15, 0.2) is 24.3 Å². The van der Waals surface area contributed by atoms with Crippen molar-refractivity contribution in [2.75, 3.05) is 26.9 Å². The Morgan fingerprint density at radius 1 is 0.878 bits per heavy atom. The molecular weight excluding hydrogens is 536 g/mol. The Bertz CT molecular complexity index is 987. The minimum absolute atomic E-state index is 0.0455. The van der Waals surface area contributed by atoms with E-state index in [0.717, 1.165) is 5.56 Å². The van der Waals surface area contributed by atoms with Gasteiger partial charge in [0.2, 0.25) is 17.7 Å². The van der Waals surface area contributed by atoms with Crippen molar-refractivity contribution in [1.82, 2.24) is 16.0 Å². The molecule has 0 heterocycles. The first kappa shape index (κ1) is 35.3. The molecule has 0 saturated heterocycles. The van der Waals surface area contributed by atoms with Gasteiger partial charge in [-0.15, -0.1) is 0 Å². The van der Waals surface area contributed by atoms with Crippen molar-refractivity contribution in [3.63, 3.8) is 0 Å². The average molecular weight is 581 g/mol. The molecular formula is C28H44N4O9. The molecule has 1 aromatic carbocycles. The number of esters is 2. The van der Waals surface area contributed by atoms with Gasteiger partial charge in [-0.1, -0.05) is 12.1 Å². The van der Waals surface area contributed by atoms with Crippen LogP contribution >= 0.6 is 0 Å². The topological polar surface area (TPSA) is 195 Å². The normalized spacial score (nSPS) is 13.6. The molecule has 0 spiro atoms. The van der Waals surface area contributed by atoms with Gasteiger partial charge in [0.05, 0.1) is 39.4 Å². The van der Waals surface area contributed by atoms with Crippen LogP contribution < -0.4 is 26.4 Å². The summed E-state index contributed by atoms with van der Waals surface area (Å²) < 4.78 is 15.0. The Kier molecular flexibility index (Phi) is 16.7. The van der Waals surface area contributed by atoms with Crippen LogP contribution in [0.5, 0.6) is 5.75 Å². The van der Waals surface area contributed by atoms with Crippen LogP contribution in [0.1, 0.15) is 58.4 Å². The first-order valence-corrected chi connectivity index (χ1v) is 13.8. The predicted molar refractivity (Wildman–Crippen MR) is 150 cm³/mol. The van der Waals surface area contributed by atoms with Crippen molar-refractivity contribution in [2.24, 2.45) is 5.73 Å². The van der Waals surface area contributed by atoms with Gasteiger partial charge in [0.1, 0.15) is 23.9 Å². The third-order valence-corrected chi connectivity index (χ3v) is 6.08.